The SMILES string of the molecule is O=[N+]([O-])[O-].O=[N+]([O-])[O-].O=[N+]([O-])[O-].OC[C@H]1O[C@@](CO)(O[C@H]2O[C@H](CO)[C@@H](O)[C@H](O)[C@H]2O)[C@@H](O)[C@@H]1O.[Fe+3]. The summed E-state index contributed by atoms with van der Waals surface area (Å²) in [6, 6.07) is 0. The second kappa shape index (κ2) is 18.0. The van der Waals surface area contributed by atoms with E-state index in [-0.39, 0.29) is 17.1 Å². The van der Waals surface area contributed by atoms with Gasteiger partial charge in [0.1, 0.15) is 49.3 Å². The number of aliphatic hydroxyl groups is 8. The molecule has 0 saturated carbocycles. The molecule has 2 fully saturated rings. The Labute approximate surface area is 208 Å². The molecule has 2 saturated heterocycles. The third kappa shape index (κ3) is 12.6. The van der Waals surface area contributed by atoms with E-state index in [1.165, 1.54) is 0 Å². The molecule has 0 bridgehead atoms. The number of hydrogen-bond donors (Lipinski definition) is 8. The molecule has 8 N–H and O–H groups in total. The Morgan fingerprint density at radius 1 is 0.694 bits per heavy atom. The molecule has 24 heteroatoms. The van der Waals surface area contributed by atoms with Gasteiger partial charge in [0.2, 0.25) is 5.79 Å². The third-order valence-electron chi connectivity index (χ3n) is 4.07. The second-order valence-corrected chi connectivity index (χ2v) is 6.23. The molecule has 213 valence electrons. The van der Waals surface area contributed by atoms with Gasteiger partial charge in [0, 0.05) is 0 Å². The molecule has 9 atom stereocenters. The molecule has 2 aliphatic rings. The minimum atomic E-state index is -2.22. The number of nitrogens with zero attached hydrogens (tertiary/aromatic N) is 3. The Morgan fingerprint density at radius 2 is 1.08 bits per heavy atom. The molecule has 0 amide bonds. The molecular formula is C12H22FeN3O20. The first-order valence-corrected chi connectivity index (χ1v) is 8.69. The molecule has 1 radical (unpaired) electrons. The summed E-state index contributed by atoms with van der Waals surface area (Å²) >= 11 is 0. The predicted octanol–water partition coefficient (Wildman–Crippen LogP) is -6.12. The summed E-state index contributed by atoms with van der Waals surface area (Å²) in [5.74, 6) is -2.22. The van der Waals surface area contributed by atoms with E-state index in [1.807, 2.05) is 0 Å². The van der Waals surface area contributed by atoms with E-state index in [9.17, 15) is 30.6 Å². The smallest absolute Gasteiger partial charge is 0.394 e. The van der Waals surface area contributed by atoms with Crippen molar-refractivity contribution in [2.24, 2.45) is 0 Å². The summed E-state index contributed by atoms with van der Waals surface area (Å²) in [5.41, 5.74) is 0. The molecule has 2 aliphatic heterocycles. The molecule has 2 heterocycles. The van der Waals surface area contributed by atoms with Gasteiger partial charge in [0.05, 0.1) is 28.5 Å². The van der Waals surface area contributed by atoms with Gasteiger partial charge >= 0.3 is 17.1 Å². The van der Waals surface area contributed by atoms with Gasteiger partial charge in [-0.1, -0.05) is 0 Å². The number of rotatable bonds is 5. The van der Waals surface area contributed by atoms with Crippen molar-refractivity contribution >= 4 is 0 Å². The maximum absolute atomic E-state index is 10.00. The Bertz CT molecular complexity index is 619. The van der Waals surface area contributed by atoms with Crippen molar-refractivity contribution in [2.75, 3.05) is 19.8 Å². The van der Waals surface area contributed by atoms with Crippen LogP contribution in [0.3, 0.4) is 0 Å². The minimum absolute atomic E-state index is 0. The predicted molar refractivity (Wildman–Crippen MR) is 99.7 cm³/mol. The Hall–Kier alpha value is -2.32. The number of aliphatic hydroxyl groups excluding tert-OH is 8. The monoisotopic (exact) mass is 584 g/mol. The van der Waals surface area contributed by atoms with Crippen molar-refractivity contribution in [3.63, 3.8) is 0 Å². The average molecular weight is 584 g/mol. The van der Waals surface area contributed by atoms with Crippen molar-refractivity contribution in [3.05, 3.63) is 46.0 Å². The fourth-order valence-electron chi connectivity index (χ4n) is 2.63. The van der Waals surface area contributed by atoms with Crippen LogP contribution in [0.1, 0.15) is 0 Å². The maximum Gasteiger partial charge on any atom is 3.00 e. The molecule has 2 rings (SSSR count). The summed E-state index contributed by atoms with van der Waals surface area (Å²) in [7, 11) is 0. The fraction of sp³-hybridized carbons (Fsp3) is 1.00. The van der Waals surface area contributed by atoms with Crippen LogP contribution < -0.4 is 0 Å². The van der Waals surface area contributed by atoms with Crippen LogP contribution >= 0.6 is 0 Å². The van der Waals surface area contributed by atoms with Crippen molar-refractivity contribution in [2.45, 2.75) is 54.8 Å². The summed E-state index contributed by atoms with van der Waals surface area (Å²) in [5, 5.41) is 121. The maximum atomic E-state index is 10.00. The number of hydrogen-bond acceptors (Lipinski definition) is 20. The summed E-state index contributed by atoms with van der Waals surface area (Å²) in [4.78, 5) is 24.8. The molecule has 0 aliphatic carbocycles. The van der Waals surface area contributed by atoms with Crippen molar-refractivity contribution in [3.8, 4) is 0 Å². The van der Waals surface area contributed by atoms with E-state index in [4.69, 9.17) is 70.4 Å². The molecule has 0 spiro atoms. The first-order valence-electron chi connectivity index (χ1n) is 8.69. The summed E-state index contributed by atoms with van der Waals surface area (Å²) in [6.07, 6.45) is -12.7. The first kappa shape index (κ1) is 38.2. The van der Waals surface area contributed by atoms with Gasteiger partial charge in [-0.15, -0.1) is 0 Å². The van der Waals surface area contributed by atoms with E-state index in [0.717, 1.165) is 0 Å². The van der Waals surface area contributed by atoms with Crippen LogP contribution in [0.25, 0.3) is 0 Å². The van der Waals surface area contributed by atoms with Crippen molar-refractivity contribution in [1.29, 1.82) is 0 Å². The summed E-state index contributed by atoms with van der Waals surface area (Å²) < 4.78 is 15.4. The quantitative estimate of drug-likeness (QED) is 0.0846. The van der Waals surface area contributed by atoms with Crippen molar-refractivity contribution < 1.29 is 87.4 Å². The van der Waals surface area contributed by atoms with Crippen LogP contribution in [0, 0.1) is 46.0 Å². The molecule has 36 heavy (non-hydrogen) atoms. The topological polar surface area (TPSA) is 388 Å². The standard InChI is InChI=1S/C12H22O11.Fe.3NO3/c13-1-4-6(16)8(18)9(19)11(21-4)23-12(3-15)10(20)7(17)5(2-14)22-12;;3*2-1(3)4/h4-11,13-20H,1-3H2;;;;/q;+3;3*-1/t4-,5-,6-,7-,8+,9-,10+,11-,12+;;;;/m1..../s1. The van der Waals surface area contributed by atoms with Gasteiger partial charge in [0.15, 0.2) is 6.29 Å². The normalized spacial score (nSPS) is 34.7. The molecule has 0 aromatic heterocycles. The van der Waals surface area contributed by atoms with Gasteiger partial charge in [-0.05, 0) is 0 Å². The van der Waals surface area contributed by atoms with Crippen LogP contribution in [0.5, 0.6) is 0 Å². The van der Waals surface area contributed by atoms with E-state index < -0.39 is 89.9 Å². The van der Waals surface area contributed by atoms with Crippen molar-refractivity contribution in [1.82, 2.24) is 0 Å². The fourth-order valence-corrected chi connectivity index (χ4v) is 2.63. The second-order valence-electron chi connectivity index (χ2n) is 6.23. The zero-order valence-corrected chi connectivity index (χ0v) is 18.5. The molecule has 0 aromatic carbocycles. The average Bonchev–Trinajstić information content (AvgIpc) is 2.98. The third-order valence-corrected chi connectivity index (χ3v) is 4.07. The Balaban J connectivity index is -0.000000702. The van der Waals surface area contributed by atoms with E-state index in [0.29, 0.717) is 0 Å². The molecule has 0 aromatic rings. The van der Waals surface area contributed by atoms with Crippen LogP contribution in [0.15, 0.2) is 0 Å². The van der Waals surface area contributed by atoms with Crippen LogP contribution in [-0.2, 0) is 31.3 Å². The largest absolute Gasteiger partial charge is 3.00 e. The Kier molecular flexibility index (Phi) is 19.1. The first-order chi connectivity index (χ1) is 16.0. The molecule has 0 unspecified atom stereocenters. The molecule has 23 nitrogen and oxygen atoms in total. The molecular weight excluding hydrogens is 562 g/mol. The zero-order valence-electron chi connectivity index (χ0n) is 17.4. The van der Waals surface area contributed by atoms with E-state index in [1.54, 1.807) is 0 Å². The van der Waals surface area contributed by atoms with Gasteiger partial charge < -0.3 is 101 Å². The summed E-state index contributed by atoms with van der Waals surface area (Å²) in [6.45, 7) is -2.32. The van der Waals surface area contributed by atoms with Crippen LogP contribution in [-0.4, -0.2) is 131 Å². The van der Waals surface area contributed by atoms with Gasteiger partial charge in [-0.25, -0.2) is 0 Å². The van der Waals surface area contributed by atoms with E-state index >= 15 is 0 Å². The van der Waals surface area contributed by atoms with Gasteiger partial charge in [0.25, 0.3) is 0 Å². The van der Waals surface area contributed by atoms with Gasteiger partial charge in [-0.2, -0.15) is 0 Å². The van der Waals surface area contributed by atoms with Crippen LogP contribution in [0.2, 0.25) is 0 Å². The van der Waals surface area contributed by atoms with Crippen LogP contribution in [0.4, 0.5) is 0 Å². The zero-order chi connectivity index (χ0) is 28.1. The van der Waals surface area contributed by atoms with Gasteiger partial charge in [-0.3, -0.25) is 0 Å². The number of ether oxygens (including phenoxy) is 3. The minimum Gasteiger partial charge on any atom is -0.394 e. The Morgan fingerprint density at radius 3 is 1.39 bits per heavy atom. The van der Waals surface area contributed by atoms with E-state index in [2.05, 4.69) is 0 Å².